The lowest BCUT2D eigenvalue weighted by atomic mass is 10.1. The van der Waals surface area contributed by atoms with E-state index in [1.807, 2.05) is 37.3 Å². The number of hydrogen-bond donors (Lipinski definition) is 1. The fraction of sp³-hybridized carbons (Fsp3) is 0.318. The van der Waals surface area contributed by atoms with E-state index in [2.05, 4.69) is 46.1 Å². The lowest BCUT2D eigenvalue weighted by molar-refractivity contribution is -0.113. The highest BCUT2D eigenvalue weighted by Crippen LogP contribution is 2.23. The van der Waals surface area contributed by atoms with Crippen molar-refractivity contribution < 1.29 is 4.79 Å². The number of nitrogens with one attached hydrogen (secondary N) is 1. The molecule has 0 aliphatic rings. The molecule has 1 aromatic heterocycles. The van der Waals surface area contributed by atoms with E-state index in [-0.39, 0.29) is 11.7 Å². The van der Waals surface area contributed by atoms with E-state index in [4.69, 9.17) is 11.6 Å². The molecule has 0 fully saturated rings. The molecule has 0 spiro atoms. The lowest BCUT2D eigenvalue weighted by Crippen LogP contribution is -2.16. The van der Waals surface area contributed by atoms with E-state index >= 15 is 0 Å². The van der Waals surface area contributed by atoms with Crippen LogP contribution in [0.5, 0.6) is 0 Å². The van der Waals surface area contributed by atoms with Crippen LogP contribution in [0.3, 0.4) is 0 Å². The fourth-order valence-corrected chi connectivity index (χ4v) is 3.87. The van der Waals surface area contributed by atoms with Crippen LogP contribution < -0.4 is 5.32 Å². The van der Waals surface area contributed by atoms with Crippen molar-refractivity contribution in [1.29, 1.82) is 0 Å². The summed E-state index contributed by atoms with van der Waals surface area (Å²) in [5.74, 6) is 1.53. The molecule has 5 nitrogen and oxygen atoms in total. The van der Waals surface area contributed by atoms with Crippen LogP contribution in [0.1, 0.15) is 30.8 Å². The molecule has 3 aromatic rings. The minimum absolute atomic E-state index is 0.0935. The van der Waals surface area contributed by atoms with E-state index in [0.29, 0.717) is 10.9 Å². The summed E-state index contributed by atoms with van der Waals surface area (Å²) in [6.07, 6.45) is 0.717. The second-order valence-corrected chi connectivity index (χ2v) is 8.74. The Kier molecular flexibility index (Phi) is 7.34. The van der Waals surface area contributed by atoms with E-state index < -0.39 is 0 Å². The number of aromatic nitrogens is 3. The van der Waals surface area contributed by atoms with Gasteiger partial charge in [0.1, 0.15) is 5.82 Å². The van der Waals surface area contributed by atoms with Gasteiger partial charge in [-0.1, -0.05) is 73.6 Å². The van der Waals surface area contributed by atoms with Crippen molar-refractivity contribution in [2.24, 2.45) is 5.92 Å². The zero-order valence-electron chi connectivity index (χ0n) is 16.9. The van der Waals surface area contributed by atoms with Crippen LogP contribution in [0.4, 0.5) is 5.69 Å². The maximum Gasteiger partial charge on any atom is 0.234 e. The predicted molar refractivity (Wildman–Crippen MR) is 120 cm³/mol. The monoisotopic (exact) mass is 428 g/mol. The Balaban J connectivity index is 1.69. The summed E-state index contributed by atoms with van der Waals surface area (Å²) in [7, 11) is 0. The number of thioether (sulfide) groups is 1. The van der Waals surface area contributed by atoms with Gasteiger partial charge in [0.15, 0.2) is 5.16 Å². The molecule has 3 rings (SSSR count). The molecule has 7 heteroatoms. The molecular weight excluding hydrogens is 404 g/mol. The Morgan fingerprint density at radius 3 is 2.66 bits per heavy atom. The van der Waals surface area contributed by atoms with Crippen LogP contribution >= 0.6 is 23.4 Å². The third-order valence-corrected chi connectivity index (χ3v) is 5.55. The average Bonchev–Trinajstić information content (AvgIpc) is 3.04. The molecule has 0 saturated carbocycles. The smallest absolute Gasteiger partial charge is 0.234 e. The number of anilines is 1. The van der Waals surface area contributed by atoms with Gasteiger partial charge in [0, 0.05) is 23.7 Å². The summed E-state index contributed by atoms with van der Waals surface area (Å²) < 4.78 is 2.13. The van der Waals surface area contributed by atoms with Crippen LogP contribution in [-0.4, -0.2) is 26.4 Å². The van der Waals surface area contributed by atoms with Crippen LogP contribution in [0.25, 0.3) is 0 Å². The minimum atomic E-state index is -0.0935. The summed E-state index contributed by atoms with van der Waals surface area (Å²) in [5.41, 5.74) is 2.90. The first kappa shape index (κ1) is 21.4. The van der Waals surface area contributed by atoms with Crippen molar-refractivity contribution in [2.75, 3.05) is 11.1 Å². The molecule has 152 valence electrons. The highest BCUT2D eigenvalue weighted by Gasteiger charge is 2.16. The first-order valence-corrected chi connectivity index (χ1v) is 10.9. The van der Waals surface area contributed by atoms with Crippen LogP contribution in [-0.2, 0) is 17.8 Å². The van der Waals surface area contributed by atoms with Gasteiger partial charge in [0.2, 0.25) is 5.91 Å². The van der Waals surface area contributed by atoms with Crippen molar-refractivity contribution in [2.45, 2.75) is 38.9 Å². The molecule has 0 bridgehead atoms. The number of carbonyl (C=O) groups excluding carboxylic acids is 1. The maximum absolute atomic E-state index is 12.4. The Morgan fingerprint density at radius 1 is 1.17 bits per heavy atom. The van der Waals surface area contributed by atoms with Crippen molar-refractivity contribution in [3.8, 4) is 0 Å². The molecular formula is C22H25ClN4OS. The number of amides is 1. The topological polar surface area (TPSA) is 59.8 Å². The van der Waals surface area contributed by atoms with Gasteiger partial charge >= 0.3 is 0 Å². The average molecular weight is 429 g/mol. The first-order valence-electron chi connectivity index (χ1n) is 9.57. The first-order chi connectivity index (χ1) is 13.9. The molecule has 0 aliphatic heterocycles. The van der Waals surface area contributed by atoms with Gasteiger partial charge in [0.05, 0.1) is 5.75 Å². The number of carbonyl (C=O) groups is 1. The van der Waals surface area contributed by atoms with E-state index in [0.717, 1.165) is 35.2 Å². The zero-order valence-corrected chi connectivity index (χ0v) is 18.4. The summed E-state index contributed by atoms with van der Waals surface area (Å²) in [6.45, 7) is 7.07. The van der Waals surface area contributed by atoms with E-state index in [1.54, 1.807) is 6.07 Å². The number of nitrogens with zero attached hydrogens (tertiary/aromatic N) is 3. The SMILES string of the molecule is Cc1ccc(Cl)cc1NC(=O)CSc1nnc(Cc2ccccc2)n1CC(C)C. The molecule has 1 amide bonds. The summed E-state index contributed by atoms with van der Waals surface area (Å²) in [5, 5.41) is 13.0. The number of benzene rings is 2. The third kappa shape index (κ3) is 6.08. The van der Waals surface area contributed by atoms with Gasteiger partial charge in [-0.25, -0.2) is 0 Å². The Labute approximate surface area is 180 Å². The van der Waals surface area contributed by atoms with Gasteiger partial charge in [-0.05, 0) is 36.1 Å². The third-order valence-electron chi connectivity index (χ3n) is 4.35. The quantitative estimate of drug-likeness (QED) is 0.500. The molecule has 2 aromatic carbocycles. The molecule has 29 heavy (non-hydrogen) atoms. The van der Waals surface area contributed by atoms with Gasteiger partial charge < -0.3 is 9.88 Å². The van der Waals surface area contributed by atoms with Crippen LogP contribution in [0, 0.1) is 12.8 Å². The van der Waals surface area contributed by atoms with Crippen LogP contribution in [0.2, 0.25) is 5.02 Å². The Bertz CT molecular complexity index is 972. The normalized spacial score (nSPS) is 11.1. The number of aryl methyl sites for hydroxylation is 1. The number of rotatable bonds is 8. The van der Waals surface area contributed by atoms with Gasteiger partial charge in [-0.15, -0.1) is 10.2 Å². The number of halogens is 1. The van der Waals surface area contributed by atoms with Crippen LogP contribution in [0.15, 0.2) is 53.7 Å². The number of hydrogen-bond acceptors (Lipinski definition) is 4. The molecule has 0 aliphatic carbocycles. The maximum atomic E-state index is 12.4. The second-order valence-electron chi connectivity index (χ2n) is 7.36. The highest BCUT2D eigenvalue weighted by molar-refractivity contribution is 7.99. The molecule has 1 N–H and O–H groups in total. The van der Waals surface area contributed by atoms with Crippen molar-refractivity contribution in [3.63, 3.8) is 0 Å². The van der Waals surface area contributed by atoms with E-state index in [1.165, 1.54) is 17.3 Å². The zero-order chi connectivity index (χ0) is 20.8. The standard InChI is InChI=1S/C22H25ClN4OS/c1-15(2)13-27-20(11-17-7-5-4-6-8-17)25-26-22(27)29-14-21(28)24-19-12-18(23)10-9-16(19)3/h4-10,12,15H,11,13-14H2,1-3H3,(H,24,28). The van der Waals surface area contributed by atoms with Crippen molar-refractivity contribution in [3.05, 3.63) is 70.5 Å². The Hall–Kier alpha value is -2.31. The summed E-state index contributed by atoms with van der Waals surface area (Å²) >= 11 is 7.44. The molecule has 0 saturated heterocycles. The van der Waals surface area contributed by atoms with E-state index in [9.17, 15) is 4.79 Å². The Morgan fingerprint density at radius 2 is 1.93 bits per heavy atom. The summed E-state index contributed by atoms with van der Waals surface area (Å²) in [4.78, 5) is 12.4. The fourth-order valence-electron chi connectivity index (χ4n) is 2.93. The predicted octanol–water partition coefficient (Wildman–Crippen LogP) is 5.22. The summed E-state index contributed by atoms with van der Waals surface area (Å²) in [6, 6.07) is 15.7. The van der Waals surface area contributed by atoms with Gasteiger partial charge in [-0.2, -0.15) is 0 Å². The van der Waals surface area contributed by atoms with Crippen molar-refractivity contribution >= 4 is 35.0 Å². The molecule has 1 heterocycles. The largest absolute Gasteiger partial charge is 0.325 e. The van der Waals surface area contributed by atoms with Gasteiger partial charge in [-0.3, -0.25) is 4.79 Å². The molecule has 0 atom stereocenters. The minimum Gasteiger partial charge on any atom is -0.325 e. The molecule has 0 radical (unpaired) electrons. The van der Waals surface area contributed by atoms with Gasteiger partial charge in [0.25, 0.3) is 0 Å². The second kappa shape index (κ2) is 9.94. The van der Waals surface area contributed by atoms with Crippen molar-refractivity contribution in [1.82, 2.24) is 14.8 Å². The lowest BCUT2D eigenvalue weighted by Gasteiger charge is -2.13. The molecule has 0 unspecified atom stereocenters. The highest BCUT2D eigenvalue weighted by atomic mass is 35.5.